The molecule has 0 aromatic rings. The Morgan fingerprint density at radius 3 is 2.27 bits per heavy atom. The lowest BCUT2D eigenvalue weighted by molar-refractivity contribution is -0.123. The third kappa shape index (κ3) is 5.78. The molecule has 15 heavy (non-hydrogen) atoms. The van der Waals surface area contributed by atoms with Gasteiger partial charge < -0.3 is 10.4 Å². The fraction of sp³-hybridized carbons (Fsp3) is 0.917. The van der Waals surface area contributed by atoms with Gasteiger partial charge in [-0.2, -0.15) is 0 Å². The Morgan fingerprint density at radius 1 is 1.40 bits per heavy atom. The lowest BCUT2D eigenvalue weighted by Gasteiger charge is -2.27. The van der Waals surface area contributed by atoms with Crippen molar-refractivity contribution in [2.24, 2.45) is 11.3 Å². The fourth-order valence-corrected chi connectivity index (χ4v) is 1.15. The first-order valence-corrected chi connectivity index (χ1v) is 5.71. The van der Waals surface area contributed by atoms with Crippen LogP contribution in [0.4, 0.5) is 0 Å². The number of aliphatic hydroxyl groups excluding tert-OH is 1. The van der Waals surface area contributed by atoms with Crippen molar-refractivity contribution in [3.63, 3.8) is 0 Å². The van der Waals surface area contributed by atoms with Crippen molar-refractivity contribution in [3.8, 4) is 0 Å². The topological polar surface area (TPSA) is 49.3 Å². The van der Waals surface area contributed by atoms with E-state index in [0.717, 1.165) is 6.42 Å². The second kappa shape index (κ2) is 6.11. The van der Waals surface area contributed by atoms with Crippen LogP contribution in [0.15, 0.2) is 0 Å². The number of aliphatic hydroxyl groups is 1. The second-order valence-electron chi connectivity index (χ2n) is 5.33. The number of nitrogens with one attached hydrogen (secondary N) is 1. The van der Waals surface area contributed by atoms with Crippen molar-refractivity contribution in [1.82, 2.24) is 5.32 Å². The maximum Gasteiger partial charge on any atom is 0.220 e. The molecule has 1 amide bonds. The summed E-state index contributed by atoms with van der Waals surface area (Å²) < 4.78 is 0. The highest BCUT2D eigenvalue weighted by Gasteiger charge is 2.23. The normalized spacial score (nSPS) is 15.9. The van der Waals surface area contributed by atoms with Crippen molar-refractivity contribution in [1.29, 1.82) is 0 Å². The van der Waals surface area contributed by atoms with Crippen LogP contribution in [0.2, 0.25) is 0 Å². The van der Waals surface area contributed by atoms with E-state index in [1.165, 1.54) is 0 Å². The van der Waals surface area contributed by atoms with E-state index in [1.807, 2.05) is 6.92 Å². The molecular weight excluding hydrogens is 190 g/mol. The Hall–Kier alpha value is -0.570. The minimum absolute atomic E-state index is 0.0200. The molecule has 0 aliphatic heterocycles. The number of carbonyl (C=O) groups excluding carboxylic acids is 1. The third-order valence-corrected chi connectivity index (χ3v) is 3.05. The molecule has 0 aliphatic rings. The summed E-state index contributed by atoms with van der Waals surface area (Å²) in [6.45, 7) is 10.5. The Morgan fingerprint density at radius 2 is 1.93 bits per heavy atom. The van der Waals surface area contributed by atoms with Crippen molar-refractivity contribution in [2.75, 3.05) is 6.61 Å². The summed E-state index contributed by atoms with van der Waals surface area (Å²) in [6, 6.07) is -0.0929. The predicted molar refractivity (Wildman–Crippen MR) is 62.5 cm³/mol. The van der Waals surface area contributed by atoms with Crippen molar-refractivity contribution in [3.05, 3.63) is 0 Å². The third-order valence-electron chi connectivity index (χ3n) is 3.05. The average Bonchev–Trinajstić information content (AvgIpc) is 2.12. The monoisotopic (exact) mass is 215 g/mol. The Bertz CT molecular complexity index is 192. The zero-order valence-electron chi connectivity index (χ0n) is 10.6. The Kier molecular flexibility index (Phi) is 5.88. The van der Waals surface area contributed by atoms with Gasteiger partial charge >= 0.3 is 0 Å². The van der Waals surface area contributed by atoms with Gasteiger partial charge in [0.1, 0.15) is 0 Å². The van der Waals surface area contributed by atoms with Gasteiger partial charge in [0.25, 0.3) is 0 Å². The molecule has 0 aliphatic carbocycles. The van der Waals surface area contributed by atoms with Gasteiger partial charge in [0.2, 0.25) is 5.91 Å². The summed E-state index contributed by atoms with van der Waals surface area (Å²) in [5.74, 6) is 0.382. The number of rotatable bonds is 5. The largest absolute Gasteiger partial charge is 0.394 e. The first-order valence-electron chi connectivity index (χ1n) is 5.71. The van der Waals surface area contributed by atoms with Crippen LogP contribution >= 0.6 is 0 Å². The molecule has 3 nitrogen and oxygen atoms in total. The van der Waals surface area contributed by atoms with E-state index in [2.05, 4.69) is 33.0 Å². The SMILES string of the molecule is CC[C@@H](CO)NC(=O)CC(C)C(C)(C)C. The van der Waals surface area contributed by atoms with Crippen LogP contribution in [0.25, 0.3) is 0 Å². The molecule has 0 saturated heterocycles. The highest BCUT2D eigenvalue weighted by atomic mass is 16.3. The van der Waals surface area contributed by atoms with Gasteiger partial charge in [-0.05, 0) is 17.8 Å². The molecular formula is C12H25NO2. The molecule has 0 fully saturated rings. The zero-order valence-corrected chi connectivity index (χ0v) is 10.6. The van der Waals surface area contributed by atoms with Crippen LogP contribution in [-0.4, -0.2) is 23.7 Å². The van der Waals surface area contributed by atoms with E-state index in [9.17, 15) is 4.79 Å². The Balaban J connectivity index is 4.04. The molecule has 90 valence electrons. The molecule has 0 aromatic heterocycles. The van der Waals surface area contributed by atoms with E-state index in [0.29, 0.717) is 12.3 Å². The van der Waals surface area contributed by atoms with E-state index in [1.54, 1.807) is 0 Å². The quantitative estimate of drug-likeness (QED) is 0.736. The lowest BCUT2D eigenvalue weighted by atomic mass is 9.80. The molecule has 0 aromatic carbocycles. The molecule has 0 radical (unpaired) electrons. The minimum Gasteiger partial charge on any atom is -0.394 e. The van der Waals surface area contributed by atoms with Crippen LogP contribution < -0.4 is 5.32 Å². The molecule has 2 atom stereocenters. The first-order chi connectivity index (χ1) is 6.81. The minimum atomic E-state index is -0.0929. The maximum atomic E-state index is 11.6. The second-order valence-corrected chi connectivity index (χ2v) is 5.33. The summed E-state index contributed by atoms with van der Waals surface area (Å²) in [5, 5.41) is 11.8. The van der Waals surface area contributed by atoms with Gasteiger partial charge in [-0.15, -0.1) is 0 Å². The number of amides is 1. The molecule has 0 heterocycles. The summed E-state index contributed by atoms with van der Waals surface area (Å²) in [7, 11) is 0. The van der Waals surface area contributed by atoms with Crippen LogP contribution in [0.5, 0.6) is 0 Å². The van der Waals surface area contributed by atoms with Crippen molar-refractivity contribution >= 4 is 5.91 Å². The van der Waals surface area contributed by atoms with Gasteiger partial charge in [0.05, 0.1) is 12.6 Å². The van der Waals surface area contributed by atoms with Gasteiger partial charge in [0, 0.05) is 6.42 Å². The van der Waals surface area contributed by atoms with E-state index < -0.39 is 0 Å². The van der Waals surface area contributed by atoms with Crippen molar-refractivity contribution in [2.45, 2.75) is 53.5 Å². The van der Waals surface area contributed by atoms with Crippen molar-refractivity contribution < 1.29 is 9.90 Å². The highest BCUT2D eigenvalue weighted by Crippen LogP contribution is 2.27. The van der Waals surface area contributed by atoms with Gasteiger partial charge in [-0.3, -0.25) is 4.79 Å². The molecule has 2 N–H and O–H groups in total. The van der Waals surface area contributed by atoms with Gasteiger partial charge in [-0.1, -0.05) is 34.6 Å². The number of carbonyl (C=O) groups is 1. The first kappa shape index (κ1) is 14.4. The average molecular weight is 215 g/mol. The summed E-state index contributed by atoms with van der Waals surface area (Å²) in [4.78, 5) is 11.6. The van der Waals surface area contributed by atoms with E-state index >= 15 is 0 Å². The number of hydrogen-bond acceptors (Lipinski definition) is 2. The lowest BCUT2D eigenvalue weighted by Crippen LogP contribution is -2.38. The van der Waals surface area contributed by atoms with Gasteiger partial charge in [0.15, 0.2) is 0 Å². The maximum absolute atomic E-state index is 11.6. The predicted octanol–water partition coefficient (Wildman–Crippen LogP) is 1.95. The molecule has 0 saturated carbocycles. The van der Waals surface area contributed by atoms with Crippen LogP contribution in [0, 0.1) is 11.3 Å². The summed E-state index contributed by atoms with van der Waals surface area (Å²) in [5.41, 5.74) is 0.151. The zero-order chi connectivity index (χ0) is 12.1. The molecule has 0 bridgehead atoms. The van der Waals surface area contributed by atoms with E-state index in [4.69, 9.17) is 5.11 Å². The molecule has 3 heteroatoms. The smallest absolute Gasteiger partial charge is 0.220 e. The number of hydrogen-bond donors (Lipinski definition) is 2. The van der Waals surface area contributed by atoms with Gasteiger partial charge in [-0.25, -0.2) is 0 Å². The van der Waals surface area contributed by atoms with Crippen LogP contribution in [0.1, 0.15) is 47.5 Å². The summed E-state index contributed by atoms with van der Waals surface area (Å²) in [6.07, 6.45) is 1.30. The molecule has 1 unspecified atom stereocenters. The highest BCUT2D eigenvalue weighted by molar-refractivity contribution is 5.76. The Labute approximate surface area is 93.3 Å². The molecule has 0 spiro atoms. The van der Waals surface area contributed by atoms with Crippen LogP contribution in [-0.2, 0) is 4.79 Å². The van der Waals surface area contributed by atoms with E-state index in [-0.39, 0.29) is 24.0 Å². The summed E-state index contributed by atoms with van der Waals surface area (Å²) >= 11 is 0. The van der Waals surface area contributed by atoms with Crippen LogP contribution in [0.3, 0.4) is 0 Å². The standard InChI is InChI=1S/C12H25NO2/c1-6-10(8-14)13-11(15)7-9(2)12(3,4)5/h9-10,14H,6-8H2,1-5H3,(H,13,15)/t9?,10-/m0/s1. The fourth-order valence-electron chi connectivity index (χ4n) is 1.15. The molecule has 0 rings (SSSR count).